The van der Waals surface area contributed by atoms with Crippen molar-refractivity contribution in [3.63, 3.8) is 0 Å². The summed E-state index contributed by atoms with van der Waals surface area (Å²) in [4.78, 5) is 11.6. The lowest BCUT2D eigenvalue weighted by atomic mass is 10.1. The first kappa shape index (κ1) is 13.4. The number of amides is 1. The Labute approximate surface area is 107 Å². The van der Waals surface area contributed by atoms with E-state index >= 15 is 0 Å². The smallest absolute Gasteiger partial charge is 0.233 e. The third kappa shape index (κ3) is 4.06. The number of thiol groups is 1. The molecule has 1 unspecified atom stereocenters. The molecule has 0 aliphatic rings. The molecule has 0 aliphatic heterocycles. The van der Waals surface area contributed by atoms with Crippen molar-refractivity contribution in [2.45, 2.75) is 25.6 Å². The first-order valence-electron chi connectivity index (χ1n) is 5.21. The molecule has 0 bridgehead atoms. The van der Waals surface area contributed by atoms with E-state index in [0.29, 0.717) is 11.6 Å². The van der Waals surface area contributed by atoms with E-state index in [-0.39, 0.29) is 17.1 Å². The topological polar surface area (TPSA) is 29.1 Å². The van der Waals surface area contributed by atoms with E-state index in [1.165, 1.54) is 0 Å². The molecule has 0 saturated heterocycles. The molecule has 1 aromatic rings. The first-order chi connectivity index (χ1) is 7.50. The molecule has 4 heteroatoms. The molecule has 0 heterocycles. The Bertz CT molecular complexity index is 351. The van der Waals surface area contributed by atoms with Crippen molar-refractivity contribution in [3.8, 4) is 0 Å². The van der Waals surface area contributed by atoms with Crippen LogP contribution in [0.5, 0.6) is 0 Å². The van der Waals surface area contributed by atoms with Gasteiger partial charge in [-0.05, 0) is 23.6 Å². The number of carbonyl (C=O) groups is 1. The van der Waals surface area contributed by atoms with Gasteiger partial charge in [0.2, 0.25) is 5.91 Å². The van der Waals surface area contributed by atoms with Gasteiger partial charge in [-0.3, -0.25) is 4.79 Å². The molecule has 1 atom stereocenters. The second-order valence-electron chi connectivity index (χ2n) is 4.03. The van der Waals surface area contributed by atoms with Crippen LogP contribution in [-0.4, -0.2) is 11.2 Å². The average Bonchev–Trinajstić information content (AvgIpc) is 2.26. The van der Waals surface area contributed by atoms with Crippen molar-refractivity contribution in [2.75, 3.05) is 0 Å². The molecule has 1 rings (SSSR count). The minimum Gasteiger partial charge on any atom is -0.351 e. The lowest BCUT2D eigenvalue weighted by molar-refractivity contribution is -0.121. The van der Waals surface area contributed by atoms with Gasteiger partial charge >= 0.3 is 0 Å². The standard InChI is InChI=1S/C12H16ClNOS/c1-8(2)11(16)12(15)14-7-9-3-5-10(13)6-4-9/h3-6,8,11,16H,7H2,1-2H3,(H,14,15). The Morgan fingerprint density at radius 2 is 1.94 bits per heavy atom. The van der Waals surface area contributed by atoms with Gasteiger partial charge in [0.05, 0.1) is 5.25 Å². The summed E-state index contributed by atoms with van der Waals surface area (Å²) in [5.41, 5.74) is 1.03. The Balaban J connectivity index is 2.46. The van der Waals surface area contributed by atoms with Gasteiger partial charge in [-0.15, -0.1) is 0 Å². The molecular weight excluding hydrogens is 242 g/mol. The molecular formula is C12H16ClNOS. The molecule has 1 aromatic carbocycles. The van der Waals surface area contributed by atoms with E-state index < -0.39 is 0 Å². The van der Waals surface area contributed by atoms with Gasteiger partial charge in [-0.1, -0.05) is 37.6 Å². The van der Waals surface area contributed by atoms with Crippen LogP contribution in [0.15, 0.2) is 24.3 Å². The quantitative estimate of drug-likeness (QED) is 0.798. The van der Waals surface area contributed by atoms with E-state index in [0.717, 1.165) is 5.56 Å². The minimum atomic E-state index is -0.257. The lowest BCUT2D eigenvalue weighted by Crippen LogP contribution is -2.33. The Morgan fingerprint density at radius 1 is 1.38 bits per heavy atom. The zero-order valence-electron chi connectivity index (χ0n) is 9.40. The van der Waals surface area contributed by atoms with Gasteiger partial charge in [-0.25, -0.2) is 0 Å². The maximum Gasteiger partial charge on any atom is 0.233 e. The van der Waals surface area contributed by atoms with E-state index in [9.17, 15) is 4.79 Å². The molecule has 0 saturated carbocycles. The molecule has 16 heavy (non-hydrogen) atoms. The van der Waals surface area contributed by atoms with Crippen LogP contribution in [0.2, 0.25) is 5.02 Å². The fraction of sp³-hybridized carbons (Fsp3) is 0.417. The highest BCUT2D eigenvalue weighted by molar-refractivity contribution is 7.81. The number of rotatable bonds is 4. The fourth-order valence-electron chi connectivity index (χ4n) is 1.20. The molecule has 0 aliphatic carbocycles. The van der Waals surface area contributed by atoms with Crippen LogP contribution in [0.1, 0.15) is 19.4 Å². The van der Waals surface area contributed by atoms with Gasteiger partial charge in [0, 0.05) is 11.6 Å². The van der Waals surface area contributed by atoms with Crippen LogP contribution < -0.4 is 5.32 Å². The van der Waals surface area contributed by atoms with E-state index in [1.54, 1.807) is 0 Å². The largest absolute Gasteiger partial charge is 0.351 e. The van der Waals surface area contributed by atoms with Crippen molar-refractivity contribution in [1.82, 2.24) is 5.32 Å². The fourth-order valence-corrected chi connectivity index (χ4v) is 1.42. The molecule has 0 fully saturated rings. The molecule has 1 amide bonds. The lowest BCUT2D eigenvalue weighted by Gasteiger charge is -2.14. The summed E-state index contributed by atoms with van der Waals surface area (Å²) in [6.07, 6.45) is 0. The van der Waals surface area contributed by atoms with Crippen LogP contribution >= 0.6 is 24.2 Å². The number of hydrogen-bond donors (Lipinski definition) is 2. The van der Waals surface area contributed by atoms with Crippen LogP contribution in [0.3, 0.4) is 0 Å². The number of carbonyl (C=O) groups excluding carboxylic acids is 1. The predicted octanol–water partition coefficient (Wildman–Crippen LogP) is 2.91. The summed E-state index contributed by atoms with van der Waals surface area (Å²) in [5.74, 6) is 0.196. The predicted molar refractivity (Wildman–Crippen MR) is 70.9 cm³/mol. The Kier molecular flexibility index (Phi) is 5.16. The van der Waals surface area contributed by atoms with E-state index in [4.69, 9.17) is 11.6 Å². The van der Waals surface area contributed by atoms with E-state index in [1.807, 2.05) is 38.1 Å². The van der Waals surface area contributed by atoms with Gasteiger partial charge in [0.25, 0.3) is 0 Å². The van der Waals surface area contributed by atoms with Gasteiger partial charge in [0.1, 0.15) is 0 Å². The number of benzene rings is 1. The van der Waals surface area contributed by atoms with Crippen LogP contribution in [0.4, 0.5) is 0 Å². The highest BCUT2D eigenvalue weighted by Gasteiger charge is 2.16. The number of nitrogens with one attached hydrogen (secondary N) is 1. The van der Waals surface area contributed by atoms with Crippen molar-refractivity contribution < 1.29 is 4.79 Å². The molecule has 0 aromatic heterocycles. The zero-order chi connectivity index (χ0) is 12.1. The minimum absolute atomic E-state index is 0.0340. The summed E-state index contributed by atoms with van der Waals surface area (Å²) in [6, 6.07) is 7.41. The molecule has 1 N–H and O–H groups in total. The summed E-state index contributed by atoms with van der Waals surface area (Å²) >= 11 is 10.0. The summed E-state index contributed by atoms with van der Waals surface area (Å²) in [7, 11) is 0. The van der Waals surface area contributed by atoms with Crippen molar-refractivity contribution in [3.05, 3.63) is 34.9 Å². The number of halogens is 1. The SMILES string of the molecule is CC(C)C(S)C(=O)NCc1ccc(Cl)cc1. The van der Waals surface area contributed by atoms with Gasteiger partial charge in [-0.2, -0.15) is 12.6 Å². The second kappa shape index (κ2) is 6.16. The summed E-state index contributed by atoms with van der Waals surface area (Å²) in [5, 5.41) is 3.28. The molecule has 0 spiro atoms. The second-order valence-corrected chi connectivity index (χ2v) is 5.03. The van der Waals surface area contributed by atoms with E-state index in [2.05, 4.69) is 17.9 Å². The molecule has 2 nitrogen and oxygen atoms in total. The van der Waals surface area contributed by atoms with Gasteiger partial charge < -0.3 is 5.32 Å². The average molecular weight is 258 g/mol. The monoisotopic (exact) mass is 257 g/mol. The van der Waals surface area contributed by atoms with Crippen molar-refractivity contribution >= 4 is 30.1 Å². The van der Waals surface area contributed by atoms with Crippen molar-refractivity contribution in [2.24, 2.45) is 5.92 Å². The normalized spacial score (nSPS) is 12.6. The van der Waals surface area contributed by atoms with Crippen LogP contribution in [-0.2, 0) is 11.3 Å². The van der Waals surface area contributed by atoms with Crippen LogP contribution in [0, 0.1) is 5.92 Å². The highest BCUT2D eigenvalue weighted by atomic mass is 35.5. The zero-order valence-corrected chi connectivity index (χ0v) is 11.1. The van der Waals surface area contributed by atoms with Crippen molar-refractivity contribution in [1.29, 1.82) is 0 Å². The molecule has 0 radical (unpaired) electrons. The van der Waals surface area contributed by atoms with Crippen LogP contribution in [0.25, 0.3) is 0 Å². The maximum absolute atomic E-state index is 11.6. The number of hydrogen-bond acceptors (Lipinski definition) is 2. The van der Waals surface area contributed by atoms with Gasteiger partial charge in [0.15, 0.2) is 0 Å². The molecule has 88 valence electrons. The maximum atomic E-state index is 11.6. The third-order valence-corrected chi connectivity index (χ3v) is 3.36. The summed E-state index contributed by atoms with van der Waals surface area (Å²) in [6.45, 7) is 4.46. The highest BCUT2D eigenvalue weighted by Crippen LogP contribution is 2.11. The third-order valence-electron chi connectivity index (χ3n) is 2.28. The Morgan fingerprint density at radius 3 is 2.44 bits per heavy atom. The Hall–Kier alpha value is -0.670. The first-order valence-corrected chi connectivity index (χ1v) is 6.10. The summed E-state index contributed by atoms with van der Waals surface area (Å²) < 4.78 is 0.